The molecule has 6 heteroatoms. The van der Waals surface area contributed by atoms with Crippen molar-refractivity contribution in [2.24, 2.45) is 0 Å². The molecule has 124 valence electrons. The topological polar surface area (TPSA) is 72.0 Å². The van der Waals surface area contributed by atoms with Crippen LogP contribution in [-0.2, 0) is 17.6 Å². The first-order valence-corrected chi connectivity index (χ1v) is 9.29. The summed E-state index contributed by atoms with van der Waals surface area (Å²) in [6, 6.07) is 5.93. The second kappa shape index (κ2) is 6.43. The zero-order valence-electron chi connectivity index (χ0n) is 13.4. The van der Waals surface area contributed by atoms with Gasteiger partial charge in [0.15, 0.2) is 5.78 Å². The Bertz CT molecular complexity index is 795. The van der Waals surface area contributed by atoms with E-state index in [1.165, 1.54) is 28.9 Å². The van der Waals surface area contributed by atoms with Crippen molar-refractivity contribution in [2.75, 3.05) is 5.32 Å². The number of rotatable bonds is 6. The van der Waals surface area contributed by atoms with Crippen molar-refractivity contribution in [3.63, 3.8) is 0 Å². The number of hydrogen-bond donors (Lipinski definition) is 1. The highest BCUT2D eigenvalue weighted by atomic mass is 32.1. The molecule has 1 heterocycles. The zero-order chi connectivity index (χ0) is 16.5. The average Bonchev–Trinajstić information content (AvgIpc) is 3.15. The van der Waals surface area contributed by atoms with Gasteiger partial charge in [0.1, 0.15) is 5.01 Å². The third kappa shape index (κ3) is 3.38. The van der Waals surface area contributed by atoms with Crippen molar-refractivity contribution >= 4 is 28.2 Å². The van der Waals surface area contributed by atoms with E-state index in [0.29, 0.717) is 11.0 Å². The van der Waals surface area contributed by atoms with Gasteiger partial charge in [-0.15, -0.1) is 10.2 Å². The SMILES string of the molecule is O=C(CCC(=O)c1ccc2c(c1)CCC2)Nc1nnc(C2CC2)s1. The summed E-state index contributed by atoms with van der Waals surface area (Å²) in [5.74, 6) is 0.383. The van der Waals surface area contributed by atoms with Gasteiger partial charge in [-0.1, -0.05) is 23.5 Å². The van der Waals surface area contributed by atoms with Crippen LogP contribution >= 0.6 is 11.3 Å². The van der Waals surface area contributed by atoms with E-state index in [1.54, 1.807) is 0 Å². The third-order valence-electron chi connectivity index (χ3n) is 4.61. The van der Waals surface area contributed by atoms with Gasteiger partial charge in [0.25, 0.3) is 0 Å². The number of carbonyl (C=O) groups is 2. The summed E-state index contributed by atoms with van der Waals surface area (Å²) >= 11 is 1.44. The van der Waals surface area contributed by atoms with Gasteiger partial charge >= 0.3 is 0 Å². The van der Waals surface area contributed by atoms with E-state index in [4.69, 9.17) is 0 Å². The normalized spacial score (nSPS) is 16.0. The quantitative estimate of drug-likeness (QED) is 0.816. The van der Waals surface area contributed by atoms with Gasteiger partial charge < -0.3 is 5.32 Å². The fourth-order valence-corrected chi connectivity index (χ4v) is 4.01. The number of aromatic nitrogens is 2. The van der Waals surface area contributed by atoms with Crippen LogP contribution in [0.1, 0.15) is 64.5 Å². The van der Waals surface area contributed by atoms with E-state index in [-0.39, 0.29) is 24.5 Å². The van der Waals surface area contributed by atoms with Gasteiger partial charge in [-0.2, -0.15) is 0 Å². The van der Waals surface area contributed by atoms with Crippen LogP contribution in [0.15, 0.2) is 18.2 Å². The number of anilines is 1. The molecule has 0 bridgehead atoms. The second-order valence-electron chi connectivity index (χ2n) is 6.53. The number of benzene rings is 1. The first-order chi connectivity index (χ1) is 11.7. The van der Waals surface area contributed by atoms with Crippen LogP contribution in [0.25, 0.3) is 0 Å². The fourth-order valence-electron chi connectivity index (χ4n) is 3.08. The van der Waals surface area contributed by atoms with Gasteiger partial charge in [-0.3, -0.25) is 9.59 Å². The maximum Gasteiger partial charge on any atom is 0.226 e. The van der Waals surface area contributed by atoms with Crippen molar-refractivity contribution in [1.82, 2.24) is 10.2 Å². The average molecular weight is 341 g/mol. The molecule has 0 radical (unpaired) electrons. The fraction of sp³-hybridized carbons (Fsp3) is 0.444. The molecule has 1 aromatic heterocycles. The summed E-state index contributed by atoms with van der Waals surface area (Å²) < 4.78 is 0. The van der Waals surface area contributed by atoms with E-state index in [1.807, 2.05) is 12.1 Å². The van der Waals surface area contributed by atoms with E-state index in [0.717, 1.165) is 36.3 Å². The molecule has 0 saturated heterocycles. The Labute approximate surface area is 144 Å². The number of carbonyl (C=O) groups excluding carboxylic acids is 2. The number of ketones is 1. The summed E-state index contributed by atoms with van der Waals surface area (Å²) in [6.07, 6.45) is 6.05. The Balaban J connectivity index is 1.30. The smallest absolute Gasteiger partial charge is 0.226 e. The molecule has 1 N–H and O–H groups in total. The number of fused-ring (bicyclic) bond motifs is 1. The van der Waals surface area contributed by atoms with Crippen LogP contribution in [-0.4, -0.2) is 21.9 Å². The molecule has 0 spiro atoms. The third-order valence-corrected chi connectivity index (χ3v) is 5.61. The molecule has 2 aromatic rings. The minimum atomic E-state index is -0.178. The lowest BCUT2D eigenvalue weighted by atomic mass is 10.0. The molecule has 0 atom stereocenters. The predicted molar refractivity (Wildman–Crippen MR) is 92.5 cm³/mol. The van der Waals surface area contributed by atoms with Crippen LogP contribution in [0.3, 0.4) is 0 Å². The summed E-state index contributed by atoms with van der Waals surface area (Å²) in [5, 5.41) is 12.4. The molecule has 2 aliphatic carbocycles. The standard InChI is InChI=1S/C18H19N3O2S/c22-15(14-7-4-11-2-1-3-13(11)10-14)8-9-16(23)19-18-21-20-17(24-18)12-5-6-12/h4,7,10,12H,1-3,5-6,8-9H2,(H,19,21,23). The highest BCUT2D eigenvalue weighted by Gasteiger charge is 2.27. The van der Waals surface area contributed by atoms with Gasteiger partial charge in [-0.25, -0.2) is 0 Å². The van der Waals surface area contributed by atoms with Crippen molar-refractivity contribution in [3.05, 3.63) is 39.9 Å². The van der Waals surface area contributed by atoms with Gasteiger partial charge in [0, 0.05) is 24.3 Å². The maximum atomic E-state index is 12.3. The highest BCUT2D eigenvalue weighted by molar-refractivity contribution is 7.15. The lowest BCUT2D eigenvalue weighted by Gasteiger charge is -2.04. The predicted octanol–water partition coefficient (Wildman–Crippen LogP) is 3.51. The zero-order valence-corrected chi connectivity index (χ0v) is 14.2. The Morgan fingerprint density at radius 3 is 2.79 bits per heavy atom. The first kappa shape index (κ1) is 15.4. The number of hydrogen-bond acceptors (Lipinski definition) is 5. The van der Waals surface area contributed by atoms with Gasteiger partial charge in [0.05, 0.1) is 0 Å². The minimum absolute atomic E-state index is 0.0239. The monoisotopic (exact) mass is 341 g/mol. The van der Waals surface area contributed by atoms with E-state index < -0.39 is 0 Å². The molecular weight excluding hydrogens is 322 g/mol. The minimum Gasteiger partial charge on any atom is -0.301 e. The Morgan fingerprint density at radius 1 is 1.12 bits per heavy atom. The Hall–Kier alpha value is -2.08. The Kier molecular flexibility index (Phi) is 4.14. The molecule has 0 aliphatic heterocycles. The summed E-state index contributed by atoms with van der Waals surface area (Å²) in [5.41, 5.74) is 3.36. The van der Waals surface area contributed by atoms with Gasteiger partial charge in [-0.05, 0) is 49.3 Å². The summed E-state index contributed by atoms with van der Waals surface area (Å²) in [6.45, 7) is 0. The second-order valence-corrected chi connectivity index (χ2v) is 7.54. The molecule has 24 heavy (non-hydrogen) atoms. The first-order valence-electron chi connectivity index (χ1n) is 8.47. The van der Waals surface area contributed by atoms with Crippen LogP contribution in [0.4, 0.5) is 5.13 Å². The number of amides is 1. The number of nitrogens with one attached hydrogen (secondary N) is 1. The largest absolute Gasteiger partial charge is 0.301 e. The van der Waals surface area contributed by atoms with Crippen LogP contribution in [0, 0.1) is 0 Å². The van der Waals surface area contributed by atoms with Crippen molar-refractivity contribution < 1.29 is 9.59 Å². The van der Waals surface area contributed by atoms with Crippen molar-refractivity contribution in [3.8, 4) is 0 Å². The van der Waals surface area contributed by atoms with Gasteiger partial charge in [0.2, 0.25) is 11.0 Å². The number of Topliss-reactive ketones (excluding diaryl/α,β-unsaturated/α-hetero) is 1. The molecule has 1 fully saturated rings. The molecule has 4 rings (SSSR count). The lowest BCUT2D eigenvalue weighted by molar-refractivity contribution is -0.116. The highest BCUT2D eigenvalue weighted by Crippen LogP contribution is 2.42. The maximum absolute atomic E-state index is 12.3. The Morgan fingerprint density at radius 2 is 1.96 bits per heavy atom. The van der Waals surface area contributed by atoms with Crippen molar-refractivity contribution in [2.45, 2.75) is 50.9 Å². The van der Waals surface area contributed by atoms with E-state index in [9.17, 15) is 9.59 Å². The van der Waals surface area contributed by atoms with Crippen molar-refractivity contribution in [1.29, 1.82) is 0 Å². The molecule has 1 aromatic carbocycles. The lowest BCUT2D eigenvalue weighted by Crippen LogP contribution is -2.13. The van der Waals surface area contributed by atoms with Crippen LogP contribution in [0.5, 0.6) is 0 Å². The van der Waals surface area contributed by atoms with E-state index in [2.05, 4.69) is 21.6 Å². The molecule has 1 saturated carbocycles. The number of nitrogens with zero attached hydrogens (tertiary/aromatic N) is 2. The number of aryl methyl sites for hydroxylation is 2. The molecule has 2 aliphatic rings. The molecule has 5 nitrogen and oxygen atoms in total. The molecular formula is C18H19N3O2S. The van der Waals surface area contributed by atoms with E-state index >= 15 is 0 Å². The summed E-state index contributed by atoms with van der Waals surface area (Å²) in [7, 11) is 0. The molecule has 0 unspecified atom stereocenters. The molecule has 1 amide bonds. The van der Waals surface area contributed by atoms with Crippen LogP contribution < -0.4 is 5.32 Å². The summed E-state index contributed by atoms with van der Waals surface area (Å²) in [4.78, 5) is 24.3. The van der Waals surface area contributed by atoms with Crippen LogP contribution in [0.2, 0.25) is 0 Å².